The first-order valence-electron chi connectivity index (χ1n) is 8.01. The normalized spacial score (nSPS) is 23.2. The second-order valence-corrected chi connectivity index (χ2v) is 6.33. The van der Waals surface area contributed by atoms with Crippen LogP contribution in [0.15, 0.2) is 24.3 Å². The molecule has 0 bridgehead atoms. The molecule has 0 saturated heterocycles. The highest BCUT2D eigenvalue weighted by Gasteiger charge is 2.31. The molecule has 0 aliphatic heterocycles. The number of alkyl halides is 3. The summed E-state index contributed by atoms with van der Waals surface area (Å²) in [5.74, 6) is 0.429. The monoisotopic (exact) mass is 328 g/mol. The summed E-state index contributed by atoms with van der Waals surface area (Å²) in [7, 11) is 0. The number of hydrogen-bond acceptors (Lipinski definition) is 1. The number of hydrogen-bond donors (Lipinski definition) is 2. The van der Waals surface area contributed by atoms with Gasteiger partial charge in [0.25, 0.3) is 0 Å². The van der Waals surface area contributed by atoms with Gasteiger partial charge in [0.2, 0.25) is 0 Å². The summed E-state index contributed by atoms with van der Waals surface area (Å²) < 4.78 is 38.2. The van der Waals surface area contributed by atoms with Crippen LogP contribution in [0.3, 0.4) is 0 Å². The molecule has 1 aliphatic carbocycles. The molecule has 0 spiro atoms. The van der Waals surface area contributed by atoms with Gasteiger partial charge in [0.15, 0.2) is 0 Å². The van der Waals surface area contributed by atoms with E-state index < -0.39 is 17.8 Å². The summed E-state index contributed by atoms with van der Waals surface area (Å²) in [6, 6.07) is 4.37. The van der Waals surface area contributed by atoms with Crippen LogP contribution < -0.4 is 10.6 Å². The number of benzene rings is 1. The molecule has 1 aliphatic rings. The standard InChI is InChI=1S/C17H23F3N2O/c1-11-6-3-4-9-15(11)22-16(23)21-12(2)13-7-5-8-14(10-13)17(18,19)20/h5,7-8,10-12,15H,3-4,6,9H2,1-2H3,(H2,21,22,23)/t11-,12-,15-/m0/s1. The highest BCUT2D eigenvalue weighted by Crippen LogP contribution is 2.30. The van der Waals surface area contributed by atoms with Crippen LogP contribution in [-0.4, -0.2) is 12.1 Å². The number of urea groups is 1. The molecule has 1 saturated carbocycles. The minimum absolute atomic E-state index is 0.137. The Hall–Kier alpha value is -1.72. The highest BCUT2D eigenvalue weighted by atomic mass is 19.4. The number of carbonyl (C=O) groups excluding carboxylic acids is 1. The zero-order chi connectivity index (χ0) is 17.0. The van der Waals surface area contributed by atoms with Gasteiger partial charge in [0.05, 0.1) is 11.6 Å². The number of rotatable bonds is 3. The Kier molecular flexibility index (Phi) is 5.55. The number of carbonyl (C=O) groups is 1. The number of halogens is 3. The Bertz CT molecular complexity index is 545. The molecule has 2 rings (SSSR count). The van der Waals surface area contributed by atoms with Gasteiger partial charge in [-0.1, -0.05) is 31.9 Å². The maximum Gasteiger partial charge on any atom is 0.416 e. The third kappa shape index (κ3) is 4.88. The van der Waals surface area contributed by atoms with Gasteiger partial charge in [-0.15, -0.1) is 0 Å². The molecule has 1 aromatic rings. The van der Waals surface area contributed by atoms with E-state index in [1.807, 2.05) is 0 Å². The maximum absolute atomic E-state index is 12.7. The van der Waals surface area contributed by atoms with E-state index in [9.17, 15) is 18.0 Å². The van der Waals surface area contributed by atoms with Gasteiger partial charge in [-0.05, 0) is 43.4 Å². The molecule has 3 atom stereocenters. The fraction of sp³-hybridized carbons (Fsp3) is 0.588. The van der Waals surface area contributed by atoms with Crippen LogP contribution in [0.1, 0.15) is 56.7 Å². The van der Waals surface area contributed by atoms with Crippen molar-refractivity contribution in [3.05, 3.63) is 35.4 Å². The summed E-state index contributed by atoms with van der Waals surface area (Å²) in [6.45, 7) is 3.79. The van der Waals surface area contributed by atoms with Crippen molar-refractivity contribution in [2.45, 2.75) is 57.8 Å². The Labute approximate surface area is 134 Å². The molecule has 23 heavy (non-hydrogen) atoms. The predicted molar refractivity (Wildman–Crippen MR) is 82.9 cm³/mol. The second kappa shape index (κ2) is 7.23. The van der Waals surface area contributed by atoms with Gasteiger partial charge in [0.1, 0.15) is 0 Å². The fourth-order valence-electron chi connectivity index (χ4n) is 3.01. The van der Waals surface area contributed by atoms with E-state index in [4.69, 9.17) is 0 Å². The lowest BCUT2D eigenvalue weighted by Gasteiger charge is -2.30. The molecule has 2 amide bonds. The van der Waals surface area contributed by atoms with E-state index in [2.05, 4.69) is 17.6 Å². The zero-order valence-electron chi connectivity index (χ0n) is 13.4. The molecule has 0 unspecified atom stereocenters. The lowest BCUT2D eigenvalue weighted by atomic mass is 9.86. The van der Waals surface area contributed by atoms with Crippen molar-refractivity contribution in [3.63, 3.8) is 0 Å². The highest BCUT2D eigenvalue weighted by molar-refractivity contribution is 5.74. The summed E-state index contributed by atoms with van der Waals surface area (Å²) in [4.78, 5) is 12.1. The average molecular weight is 328 g/mol. The third-order valence-electron chi connectivity index (χ3n) is 4.49. The quantitative estimate of drug-likeness (QED) is 0.833. The van der Waals surface area contributed by atoms with Crippen molar-refractivity contribution in [1.29, 1.82) is 0 Å². The van der Waals surface area contributed by atoms with E-state index >= 15 is 0 Å². The van der Waals surface area contributed by atoms with Crippen LogP contribution >= 0.6 is 0 Å². The lowest BCUT2D eigenvalue weighted by Crippen LogP contribution is -2.46. The van der Waals surface area contributed by atoms with Crippen molar-refractivity contribution in [3.8, 4) is 0 Å². The van der Waals surface area contributed by atoms with Crippen molar-refractivity contribution in [1.82, 2.24) is 10.6 Å². The average Bonchev–Trinajstić information content (AvgIpc) is 2.49. The van der Waals surface area contributed by atoms with Gasteiger partial charge in [-0.25, -0.2) is 4.79 Å². The van der Waals surface area contributed by atoms with Crippen LogP contribution in [0, 0.1) is 5.92 Å². The third-order valence-corrected chi connectivity index (χ3v) is 4.49. The van der Waals surface area contributed by atoms with Crippen LogP contribution in [0.4, 0.5) is 18.0 Å². The molecule has 128 valence electrons. The van der Waals surface area contributed by atoms with Crippen molar-refractivity contribution >= 4 is 6.03 Å². The van der Waals surface area contributed by atoms with Crippen LogP contribution in [-0.2, 0) is 6.18 Å². The molecular formula is C17H23F3N2O. The molecule has 1 aromatic carbocycles. The summed E-state index contributed by atoms with van der Waals surface area (Å²) in [5.41, 5.74) is -0.267. The molecular weight excluding hydrogens is 305 g/mol. The maximum atomic E-state index is 12.7. The first kappa shape index (κ1) is 17.6. The number of amides is 2. The lowest BCUT2D eigenvalue weighted by molar-refractivity contribution is -0.137. The van der Waals surface area contributed by atoms with Gasteiger partial charge in [-0.3, -0.25) is 0 Å². The Balaban J connectivity index is 1.95. The molecule has 0 radical (unpaired) electrons. The molecule has 3 nitrogen and oxygen atoms in total. The minimum atomic E-state index is -4.38. The SMILES string of the molecule is C[C@H](NC(=O)N[C@H]1CCCC[C@@H]1C)c1cccc(C(F)(F)F)c1. The van der Waals surface area contributed by atoms with E-state index in [0.29, 0.717) is 11.5 Å². The van der Waals surface area contributed by atoms with Crippen LogP contribution in [0.25, 0.3) is 0 Å². The molecule has 0 heterocycles. The fourth-order valence-corrected chi connectivity index (χ4v) is 3.01. The van der Waals surface area contributed by atoms with Crippen LogP contribution in [0.5, 0.6) is 0 Å². The topological polar surface area (TPSA) is 41.1 Å². The number of nitrogens with one attached hydrogen (secondary N) is 2. The Morgan fingerprint density at radius 3 is 2.61 bits per heavy atom. The second-order valence-electron chi connectivity index (χ2n) is 6.33. The van der Waals surface area contributed by atoms with Gasteiger partial charge >= 0.3 is 12.2 Å². The Morgan fingerprint density at radius 2 is 1.96 bits per heavy atom. The molecule has 1 fully saturated rings. The zero-order valence-corrected chi connectivity index (χ0v) is 13.4. The summed E-state index contributed by atoms with van der Waals surface area (Å²) in [6.07, 6.45) is -0.0593. The molecule has 2 N–H and O–H groups in total. The molecule has 6 heteroatoms. The predicted octanol–water partition coefficient (Wildman–Crippen LogP) is 4.64. The summed E-state index contributed by atoms with van der Waals surface area (Å²) in [5, 5.41) is 5.67. The van der Waals surface area contributed by atoms with Crippen molar-refractivity contribution in [2.75, 3.05) is 0 Å². The van der Waals surface area contributed by atoms with Crippen LogP contribution in [0.2, 0.25) is 0 Å². The van der Waals surface area contributed by atoms with E-state index in [0.717, 1.165) is 31.4 Å². The van der Waals surface area contributed by atoms with Gasteiger partial charge in [-0.2, -0.15) is 13.2 Å². The van der Waals surface area contributed by atoms with E-state index in [-0.39, 0.29) is 12.1 Å². The minimum Gasteiger partial charge on any atom is -0.335 e. The van der Waals surface area contributed by atoms with Gasteiger partial charge in [0, 0.05) is 6.04 Å². The summed E-state index contributed by atoms with van der Waals surface area (Å²) >= 11 is 0. The van der Waals surface area contributed by atoms with E-state index in [1.165, 1.54) is 12.5 Å². The first-order chi connectivity index (χ1) is 10.8. The van der Waals surface area contributed by atoms with Gasteiger partial charge < -0.3 is 10.6 Å². The Morgan fingerprint density at radius 1 is 1.26 bits per heavy atom. The molecule has 0 aromatic heterocycles. The van der Waals surface area contributed by atoms with Crippen molar-refractivity contribution < 1.29 is 18.0 Å². The smallest absolute Gasteiger partial charge is 0.335 e. The van der Waals surface area contributed by atoms with Crippen molar-refractivity contribution in [2.24, 2.45) is 5.92 Å². The van der Waals surface area contributed by atoms with E-state index in [1.54, 1.807) is 13.0 Å². The largest absolute Gasteiger partial charge is 0.416 e. The first-order valence-corrected chi connectivity index (χ1v) is 8.01.